The molecule has 5 nitrogen and oxygen atoms in total. The fourth-order valence-corrected chi connectivity index (χ4v) is 3.78. The third-order valence-electron chi connectivity index (χ3n) is 5.09. The first kappa shape index (κ1) is 18.6. The van der Waals surface area contributed by atoms with E-state index >= 15 is 0 Å². The molecule has 0 aliphatic carbocycles. The molecule has 1 aromatic heterocycles. The molecule has 1 fully saturated rings. The Hall–Kier alpha value is -2.79. The van der Waals surface area contributed by atoms with Crippen LogP contribution in [0.2, 0.25) is 5.02 Å². The van der Waals surface area contributed by atoms with Crippen LogP contribution < -0.4 is 10.2 Å². The summed E-state index contributed by atoms with van der Waals surface area (Å²) in [6, 6.07) is 17.9. The number of piperazine rings is 1. The second kappa shape index (κ2) is 8.48. The zero-order valence-electron chi connectivity index (χ0n) is 15.6. The van der Waals surface area contributed by atoms with E-state index in [-0.39, 0.29) is 5.91 Å². The van der Waals surface area contributed by atoms with E-state index in [2.05, 4.69) is 21.3 Å². The molecule has 0 unspecified atom stereocenters. The van der Waals surface area contributed by atoms with Crippen LogP contribution in [0.15, 0.2) is 60.8 Å². The molecular weight excluding hydrogens is 372 g/mol. The minimum absolute atomic E-state index is 0.187. The first-order valence-electron chi connectivity index (χ1n) is 9.56. The number of para-hydroxylation sites is 1. The molecule has 1 amide bonds. The molecule has 1 N–H and O–H groups in total. The standard InChI is InChI=1S/C22H23ClN4O/c23-18-6-2-7-19(16-18)26-12-14-27(15-13-26)21(28)9-11-24-20-8-1-4-17-5-3-10-25-22(17)20/h1-8,10,16,24H,9,11-15H2. The molecule has 1 aliphatic heterocycles. The summed E-state index contributed by atoms with van der Waals surface area (Å²) in [4.78, 5) is 21.2. The number of fused-ring (bicyclic) bond motifs is 1. The van der Waals surface area contributed by atoms with E-state index in [1.165, 1.54) is 0 Å². The molecule has 0 spiro atoms. The summed E-state index contributed by atoms with van der Waals surface area (Å²) in [6.45, 7) is 3.73. The molecule has 2 heterocycles. The Labute approximate surface area is 169 Å². The van der Waals surface area contributed by atoms with Gasteiger partial charge in [0, 0.05) is 61.4 Å². The predicted molar refractivity (Wildman–Crippen MR) is 115 cm³/mol. The Balaban J connectivity index is 1.28. The molecule has 2 aromatic carbocycles. The zero-order chi connectivity index (χ0) is 19.3. The number of carbonyl (C=O) groups is 1. The number of nitrogens with one attached hydrogen (secondary N) is 1. The summed E-state index contributed by atoms with van der Waals surface area (Å²) < 4.78 is 0. The minimum Gasteiger partial charge on any atom is -0.383 e. The second-order valence-electron chi connectivity index (χ2n) is 6.91. The van der Waals surface area contributed by atoms with E-state index in [1.807, 2.05) is 53.4 Å². The van der Waals surface area contributed by atoms with Crippen molar-refractivity contribution in [1.29, 1.82) is 0 Å². The van der Waals surface area contributed by atoms with Crippen molar-refractivity contribution in [3.8, 4) is 0 Å². The number of halogens is 1. The third kappa shape index (κ3) is 4.20. The highest BCUT2D eigenvalue weighted by Crippen LogP contribution is 2.22. The SMILES string of the molecule is O=C(CCNc1cccc2cccnc12)N1CCN(c2cccc(Cl)c2)CC1. The van der Waals surface area contributed by atoms with Crippen molar-refractivity contribution in [3.05, 3.63) is 65.8 Å². The number of carbonyl (C=O) groups excluding carboxylic acids is 1. The highest BCUT2D eigenvalue weighted by atomic mass is 35.5. The lowest BCUT2D eigenvalue weighted by Crippen LogP contribution is -2.49. The number of pyridine rings is 1. The molecular formula is C22H23ClN4O. The quantitative estimate of drug-likeness (QED) is 0.709. The molecule has 4 rings (SSSR count). The van der Waals surface area contributed by atoms with Gasteiger partial charge in [-0.15, -0.1) is 0 Å². The van der Waals surface area contributed by atoms with E-state index in [9.17, 15) is 4.79 Å². The highest BCUT2D eigenvalue weighted by Gasteiger charge is 2.21. The van der Waals surface area contributed by atoms with Gasteiger partial charge in [0.25, 0.3) is 0 Å². The highest BCUT2D eigenvalue weighted by molar-refractivity contribution is 6.30. The molecule has 1 saturated heterocycles. The normalized spacial score (nSPS) is 14.3. The van der Waals surface area contributed by atoms with Crippen molar-refractivity contribution in [3.63, 3.8) is 0 Å². The van der Waals surface area contributed by atoms with Crippen molar-refractivity contribution in [2.75, 3.05) is 42.9 Å². The Kier molecular flexibility index (Phi) is 5.63. The van der Waals surface area contributed by atoms with Crippen LogP contribution >= 0.6 is 11.6 Å². The summed E-state index contributed by atoms with van der Waals surface area (Å²) in [5, 5.41) is 5.20. The minimum atomic E-state index is 0.187. The zero-order valence-corrected chi connectivity index (χ0v) is 16.4. The Morgan fingerprint density at radius 3 is 2.64 bits per heavy atom. The van der Waals surface area contributed by atoms with Gasteiger partial charge in [-0.2, -0.15) is 0 Å². The van der Waals surface area contributed by atoms with Gasteiger partial charge in [0.15, 0.2) is 0 Å². The Bertz CT molecular complexity index is 964. The second-order valence-corrected chi connectivity index (χ2v) is 7.34. The molecule has 3 aromatic rings. The lowest BCUT2D eigenvalue weighted by atomic mass is 10.2. The van der Waals surface area contributed by atoms with E-state index < -0.39 is 0 Å². The summed E-state index contributed by atoms with van der Waals surface area (Å²) in [5.74, 6) is 0.187. The maximum atomic E-state index is 12.6. The van der Waals surface area contributed by atoms with E-state index in [0.29, 0.717) is 13.0 Å². The Morgan fingerprint density at radius 2 is 1.82 bits per heavy atom. The van der Waals surface area contributed by atoms with Crippen LogP contribution in [0.5, 0.6) is 0 Å². The summed E-state index contributed by atoms with van der Waals surface area (Å²) in [5.41, 5.74) is 3.02. The van der Waals surface area contributed by atoms with Crippen LogP contribution in [0.4, 0.5) is 11.4 Å². The molecule has 0 radical (unpaired) electrons. The Morgan fingerprint density at radius 1 is 1.04 bits per heavy atom. The predicted octanol–water partition coefficient (Wildman–Crippen LogP) is 4.04. The molecule has 1 aliphatic rings. The van der Waals surface area contributed by atoms with Crippen molar-refractivity contribution >= 4 is 39.8 Å². The lowest BCUT2D eigenvalue weighted by Gasteiger charge is -2.36. The van der Waals surface area contributed by atoms with Crippen LogP contribution in [0, 0.1) is 0 Å². The van der Waals surface area contributed by atoms with Gasteiger partial charge in [-0.3, -0.25) is 9.78 Å². The van der Waals surface area contributed by atoms with Crippen molar-refractivity contribution in [2.24, 2.45) is 0 Å². The van der Waals surface area contributed by atoms with Gasteiger partial charge < -0.3 is 15.1 Å². The van der Waals surface area contributed by atoms with Gasteiger partial charge >= 0.3 is 0 Å². The van der Waals surface area contributed by atoms with Crippen LogP contribution in [0.3, 0.4) is 0 Å². The van der Waals surface area contributed by atoms with Crippen molar-refractivity contribution < 1.29 is 4.79 Å². The van der Waals surface area contributed by atoms with Gasteiger partial charge in [0.1, 0.15) is 0 Å². The van der Waals surface area contributed by atoms with Crippen LogP contribution in [0.1, 0.15) is 6.42 Å². The van der Waals surface area contributed by atoms with E-state index in [1.54, 1.807) is 6.20 Å². The maximum absolute atomic E-state index is 12.6. The van der Waals surface area contributed by atoms with Crippen molar-refractivity contribution in [1.82, 2.24) is 9.88 Å². The molecule has 6 heteroatoms. The number of aromatic nitrogens is 1. The van der Waals surface area contributed by atoms with E-state index in [0.717, 1.165) is 53.5 Å². The fraction of sp³-hybridized carbons (Fsp3) is 0.273. The number of benzene rings is 2. The summed E-state index contributed by atoms with van der Waals surface area (Å²) in [6.07, 6.45) is 2.26. The average Bonchev–Trinajstić information content (AvgIpc) is 2.74. The number of rotatable bonds is 5. The fourth-order valence-electron chi connectivity index (χ4n) is 3.60. The summed E-state index contributed by atoms with van der Waals surface area (Å²) in [7, 11) is 0. The van der Waals surface area contributed by atoms with Crippen LogP contribution in [-0.2, 0) is 4.79 Å². The first-order valence-corrected chi connectivity index (χ1v) is 9.94. The maximum Gasteiger partial charge on any atom is 0.224 e. The first-order chi connectivity index (χ1) is 13.7. The smallest absolute Gasteiger partial charge is 0.224 e. The monoisotopic (exact) mass is 394 g/mol. The van der Waals surface area contributed by atoms with Gasteiger partial charge in [0.05, 0.1) is 11.2 Å². The summed E-state index contributed by atoms with van der Waals surface area (Å²) >= 11 is 6.08. The molecule has 0 atom stereocenters. The van der Waals surface area contributed by atoms with Crippen molar-refractivity contribution in [2.45, 2.75) is 6.42 Å². The van der Waals surface area contributed by atoms with Gasteiger partial charge in [-0.25, -0.2) is 0 Å². The van der Waals surface area contributed by atoms with Crippen LogP contribution in [0.25, 0.3) is 10.9 Å². The molecule has 28 heavy (non-hydrogen) atoms. The number of hydrogen-bond donors (Lipinski definition) is 1. The van der Waals surface area contributed by atoms with Gasteiger partial charge in [-0.05, 0) is 30.3 Å². The van der Waals surface area contributed by atoms with Gasteiger partial charge in [-0.1, -0.05) is 35.9 Å². The molecule has 144 valence electrons. The number of amides is 1. The number of nitrogens with zero attached hydrogens (tertiary/aromatic N) is 3. The number of hydrogen-bond acceptors (Lipinski definition) is 4. The van der Waals surface area contributed by atoms with Crippen LogP contribution in [-0.4, -0.2) is 48.5 Å². The number of anilines is 2. The topological polar surface area (TPSA) is 48.5 Å². The largest absolute Gasteiger partial charge is 0.383 e. The lowest BCUT2D eigenvalue weighted by molar-refractivity contribution is -0.131. The molecule has 0 saturated carbocycles. The third-order valence-corrected chi connectivity index (χ3v) is 5.33. The molecule has 0 bridgehead atoms. The average molecular weight is 395 g/mol. The van der Waals surface area contributed by atoms with E-state index in [4.69, 9.17) is 11.6 Å². The van der Waals surface area contributed by atoms with Gasteiger partial charge in [0.2, 0.25) is 5.91 Å².